The quantitative estimate of drug-likeness (QED) is 0.506. The molecule has 0 saturated heterocycles. The second-order valence-corrected chi connectivity index (χ2v) is 7.67. The third-order valence-corrected chi connectivity index (χ3v) is 5.78. The lowest BCUT2D eigenvalue weighted by Crippen LogP contribution is -2.22. The van der Waals surface area contributed by atoms with E-state index in [4.69, 9.17) is 0 Å². The van der Waals surface area contributed by atoms with E-state index in [0.717, 1.165) is 6.42 Å². The summed E-state index contributed by atoms with van der Waals surface area (Å²) in [6.45, 7) is 6.66. The summed E-state index contributed by atoms with van der Waals surface area (Å²) in [4.78, 5) is 11.1. The van der Waals surface area contributed by atoms with E-state index in [0.29, 0.717) is 6.42 Å². The highest BCUT2D eigenvalue weighted by atomic mass is 33.1. The molecule has 0 heterocycles. The molecule has 2 nitrogen and oxygen atoms in total. The maximum atomic E-state index is 11.1. The molecule has 16 heavy (non-hydrogen) atoms. The van der Waals surface area contributed by atoms with Crippen LogP contribution in [0, 0.1) is 0 Å². The van der Waals surface area contributed by atoms with Crippen molar-refractivity contribution < 1.29 is 4.79 Å². The zero-order chi connectivity index (χ0) is 12.4. The molecule has 0 aliphatic carbocycles. The second-order valence-electron chi connectivity index (χ2n) is 4.55. The number of hydrogen-bond donors (Lipinski definition) is 1. The molecule has 0 radical (unpaired) electrons. The van der Waals surface area contributed by atoms with Gasteiger partial charge in [0.2, 0.25) is 5.91 Å². The number of rotatable bonds is 9. The van der Waals surface area contributed by atoms with E-state index in [1.54, 1.807) is 7.05 Å². The predicted octanol–water partition coefficient (Wildman–Crippen LogP) is 3.86. The zero-order valence-electron chi connectivity index (χ0n) is 11.0. The van der Waals surface area contributed by atoms with Crippen LogP contribution < -0.4 is 5.32 Å². The minimum atomic E-state index is 0.143. The van der Waals surface area contributed by atoms with Gasteiger partial charge >= 0.3 is 0 Å². The van der Waals surface area contributed by atoms with Gasteiger partial charge in [-0.3, -0.25) is 4.79 Å². The Hall–Kier alpha value is 0.170. The predicted molar refractivity (Wildman–Crippen MR) is 77.0 cm³/mol. The van der Waals surface area contributed by atoms with Crippen molar-refractivity contribution >= 4 is 27.5 Å². The van der Waals surface area contributed by atoms with Crippen LogP contribution in [0.15, 0.2) is 0 Å². The first-order valence-electron chi connectivity index (χ1n) is 6.03. The lowest BCUT2D eigenvalue weighted by Gasteiger charge is -2.22. The fourth-order valence-corrected chi connectivity index (χ4v) is 3.91. The third kappa shape index (κ3) is 9.40. The Morgan fingerprint density at radius 1 is 1.31 bits per heavy atom. The van der Waals surface area contributed by atoms with Gasteiger partial charge in [-0.25, -0.2) is 0 Å². The maximum Gasteiger partial charge on any atom is 0.219 e. The van der Waals surface area contributed by atoms with Gasteiger partial charge in [0, 0.05) is 24.0 Å². The summed E-state index contributed by atoms with van der Waals surface area (Å²) in [7, 11) is 5.56. The van der Waals surface area contributed by atoms with Crippen molar-refractivity contribution in [2.24, 2.45) is 0 Å². The molecule has 0 saturated carbocycles. The topological polar surface area (TPSA) is 29.1 Å². The Morgan fingerprint density at radius 3 is 2.56 bits per heavy atom. The van der Waals surface area contributed by atoms with Gasteiger partial charge in [0.1, 0.15) is 0 Å². The Balaban J connectivity index is 3.57. The molecule has 0 unspecified atom stereocenters. The SMILES string of the molecule is CCCCCSSC(C)(C)CCC(=O)NC. The fourth-order valence-electron chi connectivity index (χ4n) is 1.19. The van der Waals surface area contributed by atoms with Crippen LogP contribution in [-0.2, 0) is 4.79 Å². The van der Waals surface area contributed by atoms with Crippen LogP contribution in [0.5, 0.6) is 0 Å². The second kappa shape index (κ2) is 9.23. The number of hydrogen-bond acceptors (Lipinski definition) is 3. The minimum absolute atomic E-state index is 0.143. The van der Waals surface area contributed by atoms with Crippen molar-refractivity contribution in [3.63, 3.8) is 0 Å². The molecule has 0 aromatic rings. The van der Waals surface area contributed by atoms with Gasteiger partial charge in [-0.05, 0) is 26.7 Å². The van der Waals surface area contributed by atoms with Crippen molar-refractivity contribution in [2.45, 2.75) is 57.6 Å². The lowest BCUT2D eigenvalue weighted by molar-refractivity contribution is -0.120. The highest BCUT2D eigenvalue weighted by Gasteiger charge is 2.19. The van der Waals surface area contributed by atoms with E-state index in [1.165, 1.54) is 25.0 Å². The molecule has 1 amide bonds. The van der Waals surface area contributed by atoms with E-state index < -0.39 is 0 Å². The number of amides is 1. The van der Waals surface area contributed by atoms with Gasteiger partial charge in [0.25, 0.3) is 0 Å². The monoisotopic (exact) mass is 263 g/mol. The van der Waals surface area contributed by atoms with Gasteiger partial charge in [0.15, 0.2) is 0 Å². The van der Waals surface area contributed by atoms with Crippen molar-refractivity contribution in [2.75, 3.05) is 12.8 Å². The van der Waals surface area contributed by atoms with Gasteiger partial charge in [-0.1, -0.05) is 41.4 Å². The summed E-state index contributed by atoms with van der Waals surface area (Å²) < 4.78 is 0.198. The normalized spacial score (nSPS) is 11.5. The Kier molecular flexibility index (Phi) is 9.32. The summed E-state index contributed by atoms with van der Waals surface area (Å²) in [6, 6.07) is 0. The highest BCUT2D eigenvalue weighted by molar-refractivity contribution is 8.77. The van der Waals surface area contributed by atoms with Crippen LogP contribution in [0.4, 0.5) is 0 Å². The molecule has 0 fully saturated rings. The standard InChI is InChI=1S/C12H25NOS2/c1-5-6-7-10-15-16-12(2,3)9-8-11(14)13-4/h5-10H2,1-4H3,(H,13,14). The Bertz CT molecular complexity index is 195. The van der Waals surface area contributed by atoms with Crippen molar-refractivity contribution in [1.29, 1.82) is 0 Å². The summed E-state index contributed by atoms with van der Waals surface area (Å²) in [5.41, 5.74) is 0. The summed E-state index contributed by atoms with van der Waals surface area (Å²) in [5.74, 6) is 1.37. The smallest absolute Gasteiger partial charge is 0.219 e. The van der Waals surface area contributed by atoms with E-state index in [2.05, 4.69) is 26.1 Å². The van der Waals surface area contributed by atoms with Gasteiger partial charge < -0.3 is 5.32 Å². The summed E-state index contributed by atoms with van der Waals surface area (Å²) in [6.07, 6.45) is 5.49. The van der Waals surface area contributed by atoms with Crippen molar-refractivity contribution in [3.05, 3.63) is 0 Å². The number of nitrogens with one attached hydrogen (secondary N) is 1. The van der Waals surface area contributed by atoms with Gasteiger partial charge in [0.05, 0.1) is 0 Å². The largest absolute Gasteiger partial charge is 0.359 e. The van der Waals surface area contributed by atoms with Crippen LogP contribution in [0.3, 0.4) is 0 Å². The first kappa shape index (κ1) is 16.2. The Morgan fingerprint density at radius 2 is 2.00 bits per heavy atom. The molecule has 0 aromatic carbocycles. The van der Waals surface area contributed by atoms with Crippen LogP contribution in [0.2, 0.25) is 0 Å². The molecule has 0 aliphatic rings. The minimum Gasteiger partial charge on any atom is -0.359 e. The van der Waals surface area contributed by atoms with Crippen LogP contribution in [-0.4, -0.2) is 23.5 Å². The van der Waals surface area contributed by atoms with Crippen LogP contribution in [0.25, 0.3) is 0 Å². The van der Waals surface area contributed by atoms with E-state index in [-0.39, 0.29) is 10.7 Å². The van der Waals surface area contributed by atoms with Crippen LogP contribution >= 0.6 is 21.6 Å². The zero-order valence-corrected chi connectivity index (χ0v) is 12.6. The highest BCUT2D eigenvalue weighted by Crippen LogP contribution is 2.39. The molecule has 0 bridgehead atoms. The molecular weight excluding hydrogens is 238 g/mol. The molecule has 0 rings (SSSR count). The summed E-state index contributed by atoms with van der Waals surface area (Å²) in [5, 5.41) is 2.67. The summed E-state index contributed by atoms with van der Waals surface area (Å²) >= 11 is 0. The fraction of sp³-hybridized carbons (Fsp3) is 0.917. The number of carbonyl (C=O) groups is 1. The molecule has 0 spiro atoms. The molecule has 1 N–H and O–H groups in total. The van der Waals surface area contributed by atoms with Crippen molar-refractivity contribution in [1.82, 2.24) is 5.32 Å². The first-order valence-corrected chi connectivity index (χ1v) is 8.35. The molecular formula is C12H25NOS2. The molecule has 0 aliphatic heterocycles. The average molecular weight is 263 g/mol. The molecule has 4 heteroatoms. The van der Waals surface area contributed by atoms with Gasteiger partial charge in [-0.15, -0.1) is 0 Å². The third-order valence-electron chi connectivity index (χ3n) is 2.35. The van der Waals surface area contributed by atoms with E-state index >= 15 is 0 Å². The van der Waals surface area contributed by atoms with Crippen LogP contribution in [0.1, 0.15) is 52.9 Å². The molecule has 96 valence electrons. The van der Waals surface area contributed by atoms with Gasteiger partial charge in [-0.2, -0.15) is 0 Å². The molecule has 0 atom stereocenters. The Labute approximate surface area is 108 Å². The van der Waals surface area contributed by atoms with E-state index in [1.807, 2.05) is 21.6 Å². The molecule has 0 aromatic heterocycles. The number of carbonyl (C=O) groups excluding carboxylic acids is 1. The van der Waals surface area contributed by atoms with Crippen molar-refractivity contribution in [3.8, 4) is 0 Å². The maximum absolute atomic E-state index is 11.1. The average Bonchev–Trinajstić information content (AvgIpc) is 2.25. The van der Waals surface area contributed by atoms with E-state index in [9.17, 15) is 4.79 Å². The lowest BCUT2D eigenvalue weighted by atomic mass is 10.1. The first-order chi connectivity index (χ1) is 7.52. The number of unbranched alkanes of at least 4 members (excludes halogenated alkanes) is 2.